The van der Waals surface area contributed by atoms with Crippen molar-refractivity contribution in [2.24, 2.45) is 10.9 Å². The lowest BCUT2D eigenvalue weighted by molar-refractivity contribution is -0.385. The maximum Gasteiger partial charge on any atom is 0.272 e. The molecule has 104 valence electrons. The molecule has 0 unspecified atom stereocenters. The average molecular weight is 267 g/mol. The molecule has 3 N–H and O–H groups in total. The zero-order valence-corrected chi connectivity index (χ0v) is 10.9. The van der Waals surface area contributed by atoms with E-state index in [1.54, 1.807) is 19.9 Å². The van der Waals surface area contributed by atoms with Gasteiger partial charge in [0.05, 0.1) is 11.5 Å². The number of amidine groups is 1. The highest BCUT2D eigenvalue weighted by Crippen LogP contribution is 2.27. The number of nitro groups is 1. The van der Waals surface area contributed by atoms with Gasteiger partial charge in [0, 0.05) is 18.1 Å². The molecule has 0 fully saturated rings. The second kappa shape index (κ2) is 6.58. The summed E-state index contributed by atoms with van der Waals surface area (Å²) in [6, 6.07) is 3.14. The van der Waals surface area contributed by atoms with Crippen LogP contribution in [0.15, 0.2) is 17.3 Å². The van der Waals surface area contributed by atoms with Crippen LogP contribution in [-0.2, 0) is 0 Å². The smallest absolute Gasteiger partial charge is 0.272 e. The molecule has 0 aliphatic heterocycles. The molecule has 1 rings (SSSR count). The Hall–Kier alpha value is -2.31. The molecule has 0 spiro atoms. The molecule has 0 radical (unpaired) electrons. The Kier molecular flexibility index (Phi) is 5.11. The largest absolute Gasteiger partial charge is 0.493 e. The molecule has 0 heterocycles. The topological polar surface area (TPSA) is 111 Å². The number of rotatable bonds is 6. The minimum atomic E-state index is -0.412. The van der Waals surface area contributed by atoms with E-state index in [1.807, 2.05) is 0 Å². The maximum absolute atomic E-state index is 10.8. The highest BCUT2D eigenvalue weighted by Gasteiger charge is 2.13. The van der Waals surface area contributed by atoms with E-state index in [2.05, 4.69) is 5.16 Å². The molecular formula is C12H17N3O4. The van der Waals surface area contributed by atoms with Crippen LogP contribution in [0.1, 0.15) is 24.0 Å². The summed E-state index contributed by atoms with van der Waals surface area (Å²) in [5.41, 5.74) is 6.68. The van der Waals surface area contributed by atoms with Gasteiger partial charge >= 0.3 is 0 Å². The third kappa shape index (κ3) is 4.13. The van der Waals surface area contributed by atoms with Crippen LogP contribution in [0.3, 0.4) is 0 Å². The van der Waals surface area contributed by atoms with Crippen LogP contribution in [0.5, 0.6) is 5.75 Å². The standard InChI is InChI=1S/C12H17N3O4/c1-8-7-11(9(2)6-10(8)15(17)18)19-5-3-4-12(13)14-16/h6-7,16H,3-5H2,1-2H3,(H2,13,14). The first-order valence-electron chi connectivity index (χ1n) is 5.80. The van der Waals surface area contributed by atoms with E-state index < -0.39 is 4.92 Å². The lowest BCUT2D eigenvalue weighted by atomic mass is 10.1. The van der Waals surface area contributed by atoms with Crippen molar-refractivity contribution in [3.63, 3.8) is 0 Å². The van der Waals surface area contributed by atoms with E-state index in [4.69, 9.17) is 15.7 Å². The first-order chi connectivity index (χ1) is 8.95. The monoisotopic (exact) mass is 267 g/mol. The van der Waals surface area contributed by atoms with Crippen molar-refractivity contribution < 1.29 is 14.9 Å². The first kappa shape index (κ1) is 14.7. The van der Waals surface area contributed by atoms with Gasteiger partial charge in [-0.2, -0.15) is 0 Å². The van der Waals surface area contributed by atoms with E-state index >= 15 is 0 Å². The van der Waals surface area contributed by atoms with E-state index in [9.17, 15) is 10.1 Å². The highest BCUT2D eigenvalue weighted by molar-refractivity contribution is 5.79. The summed E-state index contributed by atoms with van der Waals surface area (Å²) in [6.07, 6.45) is 1.03. The Morgan fingerprint density at radius 1 is 1.47 bits per heavy atom. The lowest BCUT2D eigenvalue weighted by Gasteiger charge is -2.10. The lowest BCUT2D eigenvalue weighted by Crippen LogP contribution is -2.13. The number of ether oxygens (including phenoxy) is 1. The Morgan fingerprint density at radius 2 is 2.16 bits per heavy atom. The Morgan fingerprint density at radius 3 is 2.74 bits per heavy atom. The van der Waals surface area contributed by atoms with Gasteiger partial charge in [-0.05, 0) is 31.9 Å². The van der Waals surface area contributed by atoms with Gasteiger partial charge in [-0.25, -0.2) is 0 Å². The van der Waals surface area contributed by atoms with Crippen molar-refractivity contribution in [1.29, 1.82) is 0 Å². The molecule has 0 aliphatic carbocycles. The fourth-order valence-electron chi connectivity index (χ4n) is 1.61. The number of nitrogens with two attached hydrogens (primary N) is 1. The second-order valence-corrected chi connectivity index (χ2v) is 4.20. The van der Waals surface area contributed by atoms with Gasteiger partial charge in [-0.15, -0.1) is 0 Å². The molecule has 19 heavy (non-hydrogen) atoms. The Bertz CT molecular complexity index is 500. The summed E-state index contributed by atoms with van der Waals surface area (Å²) >= 11 is 0. The summed E-state index contributed by atoms with van der Waals surface area (Å²) in [6.45, 7) is 3.82. The van der Waals surface area contributed by atoms with Crippen molar-refractivity contribution in [1.82, 2.24) is 0 Å². The predicted molar refractivity (Wildman–Crippen MR) is 70.7 cm³/mol. The number of nitrogens with zero attached hydrogens (tertiary/aromatic N) is 2. The summed E-state index contributed by atoms with van der Waals surface area (Å²) in [4.78, 5) is 10.4. The first-order valence-corrected chi connectivity index (χ1v) is 5.80. The number of aryl methyl sites for hydroxylation is 2. The van der Waals surface area contributed by atoms with Gasteiger partial charge in [0.1, 0.15) is 11.6 Å². The molecule has 7 nitrogen and oxygen atoms in total. The molecule has 1 aromatic carbocycles. The zero-order chi connectivity index (χ0) is 14.4. The van der Waals surface area contributed by atoms with Gasteiger partial charge < -0.3 is 15.7 Å². The quantitative estimate of drug-likeness (QED) is 0.205. The van der Waals surface area contributed by atoms with E-state index in [0.29, 0.717) is 36.3 Å². The van der Waals surface area contributed by atoms with Crippen LogP contribution in [0.2, 0.25) is 0 Å². The predicted octanol–water partition coefficient (Wildman–Crippen LogP) is 2.12. The van der Waals surface area contributed by atoms with Crippen molar-refractivity contribution in [3.8, 4) is 5.75 Å². The number of hydrogen-bond acceptors (Lipinski definition) is 5. The molecule has 0 atom stereocenters. The molecule has 0 aliphatic rings. The van der Waals surface area contributed by atoms with Gasteiger partial charge in [0.25, 0.3) is 5.69 Å². The highest BCUT2D eigenvalue weighted by atomic mass is 16.6. The average Bonchev–Trinajstić information content (AvgIpc) is 2.37. The molecular weight excluding hydrogens is 250 g/mol. The number of hydrogen-bond donors (Lipinski definition) is 2. The van der Waals surface area contributed by atoms with E-state index in [0.717, 1.165) is 0 Å². The summed E-state index contributed by atoms with van der Waals surface area (Å²) in [5, 5.41) is 22.0. The van der Waals surface area contributed by atoms with Gasteiger partial charge in [-0.1, -0.05) is 5.16 Å². The van der Waals surface area contributed by atoms with Gasteiger partial charge in [-0.3, -0.25) is 10.1 Å². The molecule has 0 saturated carbocycles. The van der Waals surface area contributed by atoms with Crippen molar-refractivity contribution >= 4 is 11.5 Å². The van der Waals surface area contributed by atoms with E-state index in [1.165, 1.54) is 6.07 Å². The number of nitro benzene ring substituents is 1. The van der Waals surface area contributed by atoms with Gasteiger partial charge in [0.15, 0.2) is 0 Å². The number of oxime groups is 1. The SMILES string of the molecule is Cc1cc([N+](=O)[O-])c(C)cc1OCCCC(N)=NO. The third-order valence-corrected chi connectivity index (χ3v) is 2.65. The zero-order valence-electron chi connectivity index (χ0n) is 10.9. The van der Waals surface area contributed by atoms with Crippen molar-refractivity contribution in [2.45, 2.75) is 26.7 Å². The van der Waals surface area contributed by atoms with E-state index in [-0.39, 0.29) is 11.5 Å². The second-order valence-electron chi connectivity index (χ2n) is 4.20. The summed E-state index contributed by atoms with van der Waals surface area (Å²) in [5.74, 6) is 0.766. The van der Waals surface area contributed by atoms with Crippen LogP contribution >= 0.6 is 0 Å². The minimum absolute atomic E-state index is 0.0847. The summed E-state index contributed by atoms with van der Waals surface area (Å²) in [7, 11) is 0. The minimum Gasteiger partial charge on any atom is -0.493 e. The molecule has 1 aromatic rings. The maximum atomic E-state index is 10.8. The van der Waals surface area contributed by atoms with Crippen LogP contribution < -0.4 is 10.5 Å². The van der Waals surface area contributed by atoms with Crippen molar-refractivity contribution in [3.05, 3.63) is 33.4 Å². The van der Waals surface area contributed by atoms with Crippen LogP contribution in [0.25, 0.3) is 0 Å². The summed E-state index contributed by atoms with van der Waals surface area (Å²) < 4.78 is 5.53. The van der Waals surface area contributed by atoms with Crippen molar-refractivity contribution in [2.75, 3.05) is 6.61 Å². The molecule has 0 aromatic heterocycles. The fraction of sp³-hybridized carbons (Fsp3) is 0.417. The Balaban J connectivity index is 2.65. The van der Waals surface area contributed by atoms with Crippen LogP contribution in [0.4, 0.5) is 5.69 Å². The number of benzene rings is 1. The van der Waals surface area contributed by atoms with Crippen LogP contribution in [0, 0.1) is 24.0 Å². The van der Waals surface area contributed by atoms with Gasteiger partial charge in [0.2, 0.25) is 0 Å². The molecule has 0 bridgehead atoms. The fourth-order valence-corrected chi connectivity index (χ4v) is 1.61. The normalized spacial score (nSPS) is 11.4. The van der Waals surface area contributed by atoms with Crippen LogP contribution in [-0.4, -0.2) is 22.6 Å². The molecule has 7 heteroatoms. The third-order valence-electron chi connectivity index (χ3n) is 2.65. The molecule has 0 amide bonds. The molecule has 0 saturated heterocycles. The Labute approximate surface area is 110 Å².